The molecule has 3 N–H and O–H groups in total. The molecule has 138 valence electrons. The fourth-order valence-electron chi connectivity index (χ4n) is 2.13. The fourth-order valence-corrected chi connectivity index (χ4v) is 2.68. The first-order chi connectivity index (χ1) is 12.1. The number of aromatic nitrogens is 1. The van der Waals surface area contributed by atoms with Gasteiger partial charge in [-0.3, -0.25) is 19.1 Å². The van der Waals surface area contributed by atoms with E-state index in [2.05, 4.69) is 15.0 Å². The number of anilines is 2. The Bertz CT molecular complexity index is 964. The number of sulfonamides is 1. The van der Waals surface area contributed by atoms with Gasteiger partial charge in [-0.2, -0.15) is 0 Å². The lowest BCUT2D eigenvalue weighted by atomic mass is 10.2. The minimum absolute atomic E-state index is 0.221. The lowest BCUT2D eigenvalue weighted by Crippen LogP contribution is -2.35. The summed E-state index contributed by atoms with van der Waals surface area (Å²) in [5.41, 5.74) is 0.611. The number of rotatable bonds is 6. The Morgan fingerprint density at radius 1 is 1.15 bits per heavy atom. The van der Waals surface area contributed by atoms with Crippen LogP contribution in [-0.4, -0.2) is 50.0 Å². The van der Waals surface area contributed by atoms with E-state index in [0.717, 1.165) is 6.26 Å². The molecule has 0 saturated heterocycles. The molecule has 2 rings (SSSR count). The first-order valence-electron chi connectivity index (χ1n) is 7.46. The summed E-state index contributed by atoms with van der Waals surface area (Å²) in [5, 5.41) is 2.59. The number of carbonyl (C=O) groups excluding carboxylic acids is 2. The molecule has 0 spiro atoms. The van der Waals surface area contributed by atoms with Gasteiger partial charge in [0.15, 0.2) is 0 Å². The molecule has 0 bridgehead atoms. The van der Waals surface area contributed by atoms with Gasteiger partial charge < -0.3 is 15.2 Å². The van der Waals surface area contributed by atoms with E-state index < -0.39 is 21.8 Å². The molecule has 0 atom stereocenters. The van der Waals surface area contributed by atoms with E-state index in [4.69, 9.17) is 0 Å². The van der Waals surface area contributed by atoms with E-state index in [9.17, 15) is 22.8 Å². The van der Waals surface area contributed by atoms with Gasteiger partial charge in [0.1, 0.15) is 0 Å². The number of carbonyl (C=O) groups is 2. The van der Waals surface area contributed by atoms with Crippen LogP contribution < -0.4 is 15.6 Å². The Hall–Kier alpha value is -3.14. The number of hydrogen-bond acceptors (Lipinski definition) is 5. The predicted octanol–water partition coefficient (Wildman–Crippen LogP) is 0.457. The molecule has 1 aromatic heterocycles. The second kappa shape index (κ2) is 7.83. The monoisotopic (exact) mass is 378 g/mol. The van der Waals surface area contributed by atoms with Gasteiger partial charge in [-0.25, -0.2) is 8.42 Å². The Balaban J connectivity index is 1.99. The van der Waals surface area contributed by atoms with E-state index in [1.165, 1.54) is 36.3 Å². The van der Waals surface area contributed by atoms with Crippen molar-refractivity contribution in [2.75, 3.05) is 29.9 Å². The largest absolute Gasteiger partial charge is 0.332 e. The number of likely N-dealkylation sites (N-methyl/N-ethyl adjacent to an activating group) is 1. The van der Waals surface area contributed by atoms with E-state index in [0.29, 0.717) is 11.4 Å². The predicted molar refractivity (Wildman–Crippen MR) is 97.6 cm³/mol. The molecule has 0 saturated carbocycles. The number of benzene rings is 1. The van der Waals surface area contributed by atoms with Crippen molar-refractivity contribution >= 4 is 33.2 Å². The molecule has 1 heterocycles. The van der Waals surface area contributed by atoms with Crippen LogP contribution in [0.25, 0.3) is 0 Å². The van der Waals surface area contributed by atoms with Gasteiger partial charge in [-0.15, -0.1) is 0 Å². The van der Waals surface area contributed by atoms with Crippen molar-refractivity contribution in [1.82, 2.24) is 9.88 Å². The third-order valence-electron chi connectivity index (χ3n) is 3.21. The SMILES string of the molecule is CN(CC(=O)Nc1cccc(NS(C)(=O)=O)c1)C(=O)c1ccc(=O)[nH]c1. The number of nitrogens with zero attached hydrogens (tertiary/aromatic N) is 1. The smallest absolute Gasteiger partial charge is 0.255 e. The van der Waals surface area contributed by atoms with Crippen LogP contribution in [0.5, 0.6) is 0 Å². The van der Waals surface area contributed by atoms with Crippen molar-refractivity contribution in [3.8, 4) is 0 Å². The van der Waals surface area contributed by atoms with E-state index in [1.807, 2.05) is 0 Å². The molecule has 0 radical (unpaired) electrons. The number of H-pyrrole nitrogens is 1. The molecule has 0 aliphatic heterocycles. The molecule has 0 fully saturated rings. The van der Waals surface area contributed by atoms with Gasteiger partial charge in [0.2, 0.25) is 21.5 Å². The molecule has 1 aromatic carbocycles. The molecule has 10 heteroatoms. The van der Waals surface area contributed by atoms with Gasteiger partial charge in [0.05, 0.1) is 24.1 Å². The minimum Gasteiger partial charge on any atom is -0.332 e. The van der Waals surface area contributed by atoms with Gasteiger partial charge in [-0.1, -0.05) is 6.07 Å². The highest BCUT2D eigenvalue weighted by Crippen LogP contribution is 2.16. The molecule has 26 heavy (non-hydrogen) atoms. The van der Waals surface area contributed by atoms with Crippen LogP contribution in [0.4, 0.5) is 11.4 Å². The highest BCUT2D eigenvalue weighted by Gasteiger charge is 2.15. The maximum Gasteiger partial charge on any atom is 0.255 e. The molecule has 0 unspecified atom stereocenters. The fraction of sp³-hybridized carbons (Fsp3) is 0.188. The molecule has 0 aliphatic rings. The quantitative estimate of drug-likeness (QED) is 0.672. The molecule has 9 nitrogen and oxygen atoms in total. The summed E-state index contributed by atoms with van der Waals surface area (Å²) in [5.74, 6) is -0.884. The Morgan fingerprint density at radius 2 is 1.85 bits per heavy atom. The van der Waals surface area contributed by atoms with Crippen LogP contribution in [0.2, 0.25) is 0 Å². The molecular formula is C16H18N4O5S. The van der Waals surface area contributed by atoms with Crippen LogP contribution in [-0.2, 0) is 14.8 Å². The summed E-state index contributed by atoms with van der Waals surface area (Å²) >= 11 is 0. The maximum atomic E-state index is 12.2. The number of amides is 2. The summed E-state index contributed by atoms with van der Waals surface area (Å²) < 4.78 is 24.8. The summed E-state index contributed by atoms with van der Waals surface area (Å²) in [7, 11) is -1.97. The summed E-state index contributed by atoms with van der Waals surface area (Å²) in [6, 6.07) is 8.77. The van der Waals surface area contributed by atoms with E-state index >= 15 is 0 Å². The third kappa shape index (κ3) is 5.74. The van der Waals surface area contributed by atoms with Crippen LogP contribution in [0.15, 0.2) is 47.4 Å². The van der Waals surface area contributed by atoms with Crippen LogP contribution in [0, 0.1) is 0 Å². The van der Waals surface area contributed by atoms with Crippen LogP contribution >= 0.6 is 0 Å². The second-order valence-corrected chi connectivity index (χ2v) is 7.35. The summed E-state index contributed by atoms with van der Waals surface area (Å²) in [6.45, 7) is -0.221. The standard InChI is InChI=1S/C16H18N4O5S/c1-20(16(23)11-6-7-14(21)17-9-11)10-15(22)18-12-4-3-5-13(8-12)19-26(2,24)25/h3-9,19H,10H2,1-2H3,(H,17,21)(H,18,22). The molecular weight excluding hydrogens is 360 g/mol. The summed E-state index contributed by atoms with van der Waals surface area (Å²) in [6.07, 6.45) is 2.30. The van der Waals surface area contributed by atoms with Crippen molar-refractivity contribution in [2.45, 2.75) is 0 Å². The highest BCUT2D eigenvalue weighted by molar-refractivity contribution is 7.92. The lowest BCUT2D eigenvalue weighted by Gasteiger charge is -2.17. The second-order valence-electron chi connectivity index (χ2n) is 5.61. The van der Waals surface area contributed by atoms with Crippen LogP contribution in [0.1, 0.15) is 10.4 Å². The number of nitrogens with one attached hydrogen (secondary N) is 3. The van der Waals surface area contributed by atoms with Crippen molar-refractivity contribution < 1.29 is 18.0 Å². The zero-order valence-corrected chi connectivity index (χ0v) is 15.0. The number of pyridine rings is 1. The highest BCUT2D eigenvalue weighted by atomic mass is 32.2. The van der Waals surface area contributed by atoms with Crippen molar-refractivity contribution in [3.05, 3.63) is 58.5 Å². The van der Waals surface area contributed by atoms with E-state index in [1.54, 1.807) is 18.2 Å². The zero-order valence-electron chi connectivity index (χ0n) is 14.1. The molecule has 0 aliphatic carbocycles. The average Bonchev–Trinajstić information content (AvgIpc) is 2.53. The van der Waals surface area contributed by atoms with Gasteiger partial charge in [-0.05, 0) is 24.3 Å². The first kappa shape index (κ1) is 19.2. The topological polar surface area (TPSA) is 128 Å². The minimum atomic E-state index is -3.43. The average molecular weight is 378 g/mol. The van der Waals surface area contributed by atoms with Gasteiger partial charge in [0, 0.05) is 25.0 Å². The van der Waals surface area contributed by atoms with Gasteiger partial charge >= 0.3 is 0 Å². The lowest BCUT2D eigenvalue weighted by molar-refractivity contribution is -0.116. The Morgan fingerprint density at radius 3 is 2.46 bits per heavy atom. The van der Waals surface area contributed by atoms with Crippen molar-refractivity contribution in [2.24, 2.45) is 0 Å². The zero-order chi connectivity index (χ0) is 19.3. The van der Waals surface area contributed by atoms with Crippen molar-refractivity contribution in [1.29, 1.82) is 0 Å². The number of hydrogen-bond donors (Lipinski definition) is 3. The van der Waals surface area contributed by atoms with E-state index in [-0.39, 0.29) is 17.7 Å². The number of aromatic amines is 1. The van der Waals surface area contributed by atoms with Crippen molar-refractivity contribution in [3.63, 3.8) is 0 Å². The molecule has 2 amide bonds. The van der Waals surface area contributed by atoms with Gasteiger partial charge in [0.25, 0.3) is 5.91 Å². The Labute approximate surface area is 150 Å². The Kier molecular flexibility index (Phi) is 5.78. The van der Waals surface area contributed by atoms with Crippen LogP contribution in [0.3, 0.4) is 0 Å². The maximum absolute atomic E-state index is 12.2. The summed E-state index contributed by atoms with van der Waals surface area (Å²) in [4.78, 5) is 38.9. The first-order valence-corrected chi connectivity index (χ1v) is 9.35. The third-order valence-corrected chi connectivity index (χ3v) is 3.81. The molecule has 2 aromatic rings. The normalized spacial score (nSPS) is 10.8.